The zero-order chi connectivity index (χ0) is 11.3. The van der Waals surface area contributed by atoms with Crippen LogP contribution in [0.1, 0.15) is 18.3 Å². The average Bonchev–Trinajstić information content (AvgIpc) is 2.18. The SMILES string of the molecule is CNCC(C)N(C)Cc1cccc(C)n1. The minimum Gasteiger partial charge on any atom is -0.318 e. The largest absolute Gasteiger partial charge is 0.318 e. The number of aryl methyl sites for hydroxylation is 1. The minimum absolute atomic E-state index is 0.525. The van der Waals surface area contributed by atoms with E-state index < -0.39 is 0 Å². The lowest BCUT2D eigenvalue weighted by Gasteiger charge is -2.24. The summed E-state index contributed by atoms with van der Waals surface area (Å²) in [5.41, 5.74) is 2.22. The van der Waals surface area contributed by atoms with Crippen LogP contribution in [0.25, 0.3) is 0 Å². The van der Waals surface area contributed by atoms with E-state index in [4.69, 9.17) is 0 Å². The van der Waals surface area contributed by atoms with Gasteiger partial charge in [0.15, 0.2) is 0 Å². The second-order valence-electron chi connectivity index (χ2n) is 4.09. The van der Waals surface area contributed by atoms with Gasteiger partial charge in [-0.05, 0) is 40.1 Å². The van der Waals surface area contributed by atoms with Gasteiger partial charge in [-0.2, -0.15) is 0 Å². The summed E-state index contributed by atoms with van der Waals surface area (Å²) in [5, 5.41) is 3.18. The van der Waals surface area contributed by atoms with Crippen LogP contribution in [-0.2, 0) is 6.54 Å². The minimum atomic E-state index is 0.525. The van der Waals surface area contributed by atoms with Crippen molar-refractivity contribution < 1.29 is 0 Å². The topological polar surface area (TPSA) is 28.2 Å². The average molecular weight is 207 g/mol. The molecule has 1 aromatic rings. The Bertz CT molecular complexity index is 299. The first-order valence-corrected chi connectivity index (χ1v) is 5.41. The Morgan fingerprint density at radius 1 is 1.47 bits per heavy atom. The maximum Gasteiger partial charge on any atom is 0.0547 e. The molecule has 1 unspecified atom stereocenters. The summed E-state index contributed by atoms with van der Waals surface area (Å²) in [5.74, 6) is 0. The second kappa shape index (κ2) is 5.83. The third kappa shape index (κ3) is 3.98. The van der Waals surface area contributed by atoms with Gasteiger partial charge < -0.3 is 5.32 Å². The van der Waals surface area contributed by atoms with Gasteiger partial charge in [0.05, 0.1) is 5.69 Å². The fraction of sp³-hybridized carbons (Fsp3) is 0.583. The summed E-state index contributed by atoms with van der Waals surface area (Å²) in [6.45, 7) is 6.15. The van der Waals surface area contributed by atoms with E-state index in [0.717, 1.165) is 24.5 Å². The molecule has 84 valence electrons. The van der Waals surface area contributed by atoms with Crippen LogP contribution in [0.15, 0.2) is 18.2 Å². The van der Waals surface area contributed by atoms with E-state index >= 15 is 0 Å². The molecule has 0 fully saturated rings. The molecule has 3 nitrogen and oxygen atoms in total. The van der Waals surface area contributed by atoms with Crippen LogP contribution >= 0.6 is 0 Å². The lowest BCUT2D eigenvalue weighted by atomic mass is 10.2. The van der Waals surface area contributed by atoms with Crippen molar-refractivity contribution in [2.45, 2.75) is 26.4 Å². The van der Waals surface area contributed by atoms with Crippen molar-refractivity contribution in [3.8, 4) is 0 Å². The molecule has 15 heavy (non-hydrogen) atoms. The van der Waals surface area contributed by atoms with Gasteiger partial charge in [-0.1, -0.05) is 6.07 Å². The Balaban J connectivity index is 2.54. The molecule has 0 aliphatic rings. The van der Waals surface area contributed by atoms with Crippen LogP contribution in [0.5, 0.6) is 0 Å². The summed E-state index contributed by atoms with van der Waals surface area (Å²) >= 11 is 0. The predicted octanol–water partition coefficient (Wildman–Crippen LogP) is 1.43. The van der Waals surface area contributed by atoms with Gasteiger partial charge >= 0.3 is 0 Å². The lowest BCUT2D eigenvalue weighted by molar-refractivity contribution is 0.243. The monoisotopic (exact) mass is 207 g/mol. The van der Waals surface area contributed by atoms with Crippen molar-refractivity contribution in [1.29, 1.82) is 0 Å². The van der Waals surface area contributed by atoms with E-state index in [-0.39, 0.29) is 0 Å². The first kappa shape index (κ1) is 12.1. The highest BCUT2D eigenvalue weighted by Crippen LogP contribution is 2.04. The van der Waals surface area contributed by atoms with E-state index in [2.05, 4.69) is 41.3 Å². The molecule has 0 aromatic carbocycles. The maximum absolute atomic E-state index is 4.49. The first-order valence-electron chi connectivity index (χ1n) is 5.41. The van der Waals surface area contributed by atoms with Gasteiger partial charge in [0, 0.05) is 24.8 Å². The van der Waals surface area contributed by atoms with E-state index in [0.29, 0.717) is 6.04 Å². The molecule has 0 bridgehead atoms. The zero-order valence-electron chi connectivity index (χ0n) is 10.1. The number of pyridine rings is 1. The van der Waals surface area contributed by atoms with Gasteiger partial charge in [-0.3, -0.25) is 9.88 Å². The number of hydrogen-bond acceptors (Lipinski definition) is 3. The van der Waals surface area contributed by atoms with Gasteiger partial charge in [-0.15, -0.1) is 0 Å². The Labute approximate surface area is 92.5 Å². The smallest absolute Gasteiger partial charge is 0.0547 e. The van der Waals surface area contributed by atoms with Crippen LogP contribution in [0, 0.1) is 6.92 Å². The van der Waals surface area contributed by atoms with Crippen molar-refractivity contribution in [2.24, 2.45) is 0 Å². The summed E-state index contributed by atoms with van der Waals surface area (Å²) in [7, 11) is 4.11. The van der Waals surface area contributed by atoms with Crippen LogP contribution in [-0.4, -0.2) is 36.6 Å². The molecule has 1 aromatic heterocycles. The van der Waals surface area contributed by atoms with E-state index in [9.17, 15) is 0 Å². The fourth-order valence-electron chi connectivity index (χ4n) is 1.55. The molecule has 0 spiro atoms. The number of hydrogen-bond donors (Lipinski definition) is 1. The molecular formula is C12H21N3. The van der Waals surface area contributed by atoms with Crippen LogP contribution in [0.3, 0.4) is 0 Å². The van der Waals surface area contributed by atoms with Crippen LogP contribution in [0.4, 0.5) is 0 Å². The number of aromatic nitrogens is 1. The number of rotatable bonds is 5. The molecule has 3 heteroatoms. The number of nitrogens with one attached hydrogen (secondary N) is 1. The first-order chi connectivity index (χ1) is 7.13. The van der Waals surface area contributed by atoms with Gasteiger partial charge in [0.2, 0.25) is 0 Å². The molecule has 1 heterocycles. The molecule has 1 rings (SSSR count). The third-order valence-electron chi connectivity index (χ3n) is 2.61. The van der Waals surface area contributed by atoms with E-state index in [1.807, 2.05) is 20.0 Å². The zero-order valence-corrected chi connectivity index (χ0v) is 10.1. The maximum atomic E-state index is 4.49. The Morgan fingerprint density at radius 2 is 2.20 bits per heavy atom. The molecule has 0 radical (unpaired) electrons. The molecule has 1 N–H and O–H groups in total. The van der Waals surface area contributed by atoms with Crippen LogP contribution in [0.2, 0.25) is 0 Å². The Kier molecular flexibility index (Phi) is 4.72. The highest BCUT2D eigenvalue weighted by Gasteiger charge is 2.08. The summed E-state index contributed by atoms with van der Waals surface area (Å²) in [4.78, 5) is 6.80. The van der Waals surface area contributed by atoms with Crippen molar-refractivity contribution in [2.75, 3.05) is 20.6 Å². The standard InChI is InChI=1S/C12H21N3/c1-10-6-5-7-12(14-10)9-15(4)11(2)8-13-3/h5-7,11,13H,8-9H2,1-4H3. The van der Waals surface area contributed by atoms with E-state index in [1.165, 1.54) is 0 Å². The van der Waals surface area contributed by atoms with Gasteiger partial charge in [-0.25, -0.2) is 0 Å². The van der Waals surface area contributed by atoms with Crippen molar-refractivity contribution >= 4 is 0 Å². The van der Waals surface area contributed by atoms with Crippen molar-refractivity contribution in [3.05, 3.63) is 29.6 Å². The Morgan fingerprint density at radius 3 is 2.80 bits per heavy atom. The van der Waals surface area contributed by atoms with E-state index in [1.54, 1.807) is 0 Å². The second-order valence-corrected chi connectivity index (χ2v) is 4.09. The third-order valence-corrected chi connectivity index (χ3v) is 2.61. The molecule has 0 aliphatic heterocycles. The highest BCUT2D eigenvalue weighted by molar-refractivity contribution is 5.09. The van der Waals surface area contributed by atoms with Crippen molar-refractivity contribution in [1.82, 2.24) is 15.2 Å². The summed E-state index contributed by atoms with van der Waals surface area (Å²) in [6.07, 6.45) is 0. The molecule has 0 saturated heterocycles. The molecule has 1 atom stereocenters. The molecule has 0 amide bonds. The quantitative estimate of drug-likeness (QED) is 0.791. The molecular weight excluding hydrogens is 186 g/mol. The lowest BCUT2D eigenvalue weighted by Crippen LogP contribution is -2.36. The molecule has 0 aliphatic carbocycles. The summed E-state index contributed by atoms with van der Waals surface area (Å²) in [6, 6.07) is 6.70. The van der Waals surface area contributed by atoms with Crippen LogP contribution < -0.4 is 5.32 Å². The summed E-state index contributed by atoms with van der Waals surface area (Å²) < 4.78 is 0. The highest BCUT2D eigenvalue weighted by atomic mass is 15.1. The Hall–Kier alpha value is -0.930. The van der Waals surface area contributed by atoms with Crippen molar-refractivity contribution in [3.63, 3.8) is 0 Å². The van der Waals surface area contributed by atoms with Gasteiger partial charge in [0.25, 0.3) is 0 Å². The van der Waals surface area contributed by atoms with Gasteiger partial charge in [0.1, 0.15) is 0 Å². The fourth-order valence-corrected chi connectivity index (χ4v) is 1.55. The number of likely N-dealkylation sites (N-methyl/N-ethyl adjacent to an activating group) is 2. The number of nitrogens with zero attached hydrogens (tertiary/aromatic N) is 2. The molecule has 0 saturated carbocycles. The normalized spacial score (nSPS) is 13.1. The predicted molar refractivity (Wildman–Crippen MR) is 63.8 cm³/mol.